The maximum absolute atomic E-state index is 5.71. The van der Waals surface area contributed by atoms with Crippen molar-refractivity contribution in [2.45, 2.75) is 24.1 Å². The highest BCUT2D eigenvalue weighted by molar-refractivity contribution is 8.00. The third kappa shape index (κ3) is 2.45. The Morgan fingerprint density at radius 2 is 2.11 bits per heavy atom. The van der Waals surface area contributed by atoms with Gasteiger partial charge in [-0.3, -0.25) is 0 Å². The molecule has 4 heteroatoms. The second-order valence-electron chi connectivity index (χ2n) is 4.93. The van der Waals surface area contributed by atoms with Gasteiger partial charge < -0.3 is 14.8 Å². The first-order valence-electron chi connectivity index (χ1n) is 6.46. The van der Waals surface area contributed by atoms with E-state index >= 15 is 0 Å². The van der Waals surface area contributed by atoms with Gasteiger partial charge in [-0.1, -0.05) is 12.1 Å². The fraction of sp³-hybridized carbons (Fsp3) is 0.571. The molecule has 0 atom stereocenters. The minimum absolute atomic E-state index is 0.506. The van der Waals surface area contributed by atoms with Gasteiger partial charge in [0.05, 0.1) is 0 Å². The average Bonchev–Trinajstić information content (AvgIpc) is 3.20. The Labute approximate surface area is 112 Å². The predicted molar refractivity (Wildman–Crippen MR) is 74.6 cm³/mol. The summed E-state index contributed by atoms with van der Waals surface area (Å²) in [5.74, 6) is 1.80. The van der Waals surface area contributed by atoms with Crippen LogP contribution in [0.25, 0.3) is 0 Å². The van der Waals surface area contributed by atoms with Crippen molar-refractivity contribution in [1.82, 2.24) is 5.32 Å². The molecule has 98 valence electrons. The molecule has 1 heterocycles. The van der Waals surface area contributed by atoms with E-state index in [4.69, 9.17) is 9.47 Å². The molecular weight excluding hydrogens is 246 g/mol. The molecular formula is C14H19NO2S. The van der Waals surface area contributed by atoms with E-state index in [2.05, 4.69) is 17.6 Å². The molecule has 0 spiro atoms. The zero-order chi connectivity index (χ0) is 12.4. The number of fused-ring (bicyclic) bond motifs is 1. The van der Waals surface area contributed by atoms with Gasteiger partial charge in [-0.25, -0.2) is 0 Å². The number of ether oxygens (including phenoxy) is 2. The summed E-state index contributed by atoms with van der Waals surface area (Å²) in [5.41, 5.74) is 1.20. The van der Waals surface area contributed by atoms with E-state index < -0.39 is 0 Å². The van der Waals surface area contributed by atoms with Crippen LogP contribution >= 0.6 is 11.8 Å². The van der Waals surface area contributed by atoms with Crippen LogP contribution in [0.2, 0.25) is 0 Å². The van der Waals surface area contributed by atoms with Crippen molar-refractivity contribution < 1.29 is 9.47 Å². The predicted octanol–water partition coefficient (Wildman–Crippen LogP) is 2.44. The standard InChI is InChI=1S/C14H19NO2S/c1-18-14(5-6-14)10-15-9-11-3-2-4-12-13(11)17-8-7-16-12/h2-4,15H,5-10H2,1H3. The van der Waals surface area contributed by atoms with Crippen LogP contribution in [0.4, 0.5) is 0 Å². The van der Waals surface area contributed by atoms with E-state index in [1.54, 1.807) is 0 Å². The van der Waals surface area contributed by atoms with Crippen molar-refractivity contribution in [3.63, 3.8) is 0 Å². The molecule has 3 rings (SSSR count). The zero-order valence-corrected chi connectivity index (χ0v) is 11.5. The Kier molecular flexibility index (Phi) is 3.39. The number of rotatable bonds is 5. The van der Waals surface area contributed by atoms with E-state index in [0.717, 1.165) is 24.6 Å². The van der Waals surface area contributed by atoms with E-state index in [1.165, 1.54) is 18.4 Å². The van der Waals surface area contributed by atoms with Crippen LogP contribution in [-0.2, 0) is 6.54 Å². The molecule has 3 nitrogen and oxygen atoms in total. The highest BCUT2D eigenvalue weighted by Gasteiger charge is 2.41. The summed E-state index contributed by atoms with van der Waals surface area (Å²) in [4.78, 5) is 0. The number of thioether (sulfide) groups is 1. The van der Waals surface area contributed by atoms with E-state index in [-0.39, 0.29) is 0 Å². The summed E-state index contributed by atoms with van der Waals surface area (Å²) in [7, 11) is 0. The summed E-state index contributed by atoms with van der Waals surface area (Å²) in [5, 5.41) is 3.55. The van der Waals surface area contributed by atoms with Crippen LogP contribution in [-0.4, -0.2) is 30.8 Å². The summed E-state index contributed by atoms with van der Waals surface area (Å²) < 4.78 is 11.8. The fourth-order valence-corrected chi connectivity index (χ4v) is 3.05. The van der Waals surface area contributed by atoms with E-state index in [9.17, 15) is 0 Å². The number of hydrogen-bond acceptors (Lipinski definition) is 4. The van der Waals surface area contributed by atoms with Gasteiger partial charge in [0.15, 0.2) is 11.5 Å². The molecule has 0 saturated heterocycles. The SMILES string of the molecule is CSC1(CNCc2cccc3c2OCCO3)CC1. The van der Waals surface area contributed by atoms with Gasteiger partial charge in [0, 0.05) is 23.4 Å². The van der Waals surface area contributed by atoms with Gasteiger partial charge in [0.25, 0.3) is 0 Å². The first kappa shape index (κ1) is 12.2. The number of para-hydroxylation sites is 1. The van der Waals surface area contributed by atoms with Gasteiger partial charge in [0.1, 0.15) is 13.2 Å². The third-order valence-electron chi connectivity index (χ3n) is 3.65. The van der Waals surface area contributed by atoms with Crippen molar-refractivity contribution >= 4 is 11.8 Å². The lowest BCUT2D eigenvalue weighted by atomic mass is 10.1. The van der Waals surface area contributed by atoms with Gasteiger partial charge in [-0.15, -0.1) is 0 Å². The molecule has 1 aliphatic heterocycles. The second kappa shape index (κ2) is 5.02. The summed E-state index contributed by atoms with van der Waals surface area (Å²) in [6, 6.07) is 6.12. The number of nitrogens with one attached hydrogen (secondary N) is 1. The highest BCUT2D eigenvalue weighted by atomic mass is 32.2. The minimum Gasteiger partial charge on any atom is -0.486 e. The number of hydrogen-bond donors (Lipinski definition) is 1. The number of benzene rings is 1. The van der Waals surface area contributed by atoms with E-state index in [1.807, 2.05) is 23.9 Å². The van der Waals surface area contributed by atoms with Crippen LogP contribution in [0.3, 0.4) is 0 Å². The third-order valence-corrected chi connectivity index (χ3v) is 5.07. The molecule has 18 heavy (non-hydrogen) atoms. The molecule has 0 unspecified atom stereocenters. The molecule has 0 aromatic heterocycles. The van der Waals surface area contributed by atoms with Gasteiger partial charge in [0.2, 0.25) is 0 Å². The van der Waals surface area contributed by atoms with Crippen LogP contribution < -0.4 is 14.8 Å². The molecule has 0 amide bonds. The summed E-state index contributed by atoms with van der Waals surface area (Å²) in [6.07, 6.45) is 4.89. The van der Waals surface area contributed by atoms with Crippen LogP contribution in [0.5, 0.6) is 11.5 Å². The lowest BCUT2D eigenvalue weighted by molar-refractivity contribution is 0.169. The van der Waals surface area contributed by atoms with Crippen molar-refractivity contribution in [2.24, 2.45) is 0 Å². The molecule has 1 aromatic rings. The summed E-state index contributed by atoms with van der Waals surface area (Å²) >= 11 is 1.98. The molecule has 1 saturated carbocycles. The summed E-state index contributed by atoms with van der Waals surface area (Å²) in [6.45, 7) is 3.24. The van der Waals surface area contributed by atoms with Crippen LogP contribution in [0.15, 0.2) is 18.2 Å². The molecule has 1 aliphatic carbocycles. The topological polar surface area (TPSA) is 30.5 Å². The average molecular weight is 265 g/mol. The van der Waals surface area contributed by atoms with E-state index in [0.29, 0.717) is 18.0 Å². The first-order chi connectivity index (χ1) is 8.83. The Hall–Kier alpha value is -0.870. The largest absolute Gasteiger partial charge is 0.486 e. The highest BCUT2D eigenvalue weighted by Crippen LogP contribution is 2.46. The van der Waals surface area contributed by atoms with Crippen molar-refractivity contribution in [3.05, 3.63) is 23.8 Å². The lowest BCUT2D eigenvalue weighted by Gasteiger charge is -2.21. The van der Waals surface area contributed by atoms with Gasteiger partial charge in [-0.2, -0.15) is 11.8 Å². The smallest absolute Gasteiger partial charge is 0.165 e. The molecule has 1 aromatic carbocycles. The monoisotopic (exact) mass is 265 g/mol. The van der Waals surface area contributed by atoms with Crippen molar-refractivity contribution in [3.8, 4) is 11.5 Å². The molecule has 0 radical (unpaired) electrons. The first-order valence-corrected chi connectivity index (χ1v) is 7.69. The maximum Gasteiger partial charge on any atom is 0.165 e. The normalized spacial score (nSPS) is 19.6. The molecule has 0 bridgehead atoms. The van der Waals surface area contributed by atoms with Crippen molar-refractivity contribution in [1.29, 1.82) is 0 Å². The zero-order valence-electron chi connectivity index (χ0n) is 10.7. The molecule has 1 N–H and O–H groups in total. The molecule has 2 aliphatic rings. The van der Waals surface area contributed by atoms with Crippen LogP contribution in [0, 0.1) is 0 Å². The van der Waals surface area contributed by atoms with Gasteiger partial charge >= 0.3 is 0 Å². The quantitative estimate of drug-likeness (QED) is 0.886. The maximum atomic E-state index is 5.71. The molecule has 1 fully saturated rings. The van der Waals surface area contributed by atoms with Gasteiger partial charge in [-0.05, 0) is 25.2 Å². The Bertz CT molecular complexity index is 432. The Balaban J connectivity index is 1.62. The van der Waals surface area contributed by atoms with Crippen LogP contribution in [0.1, 0.15) is 18.4 Å². The fourth-order valence-electron chi connectivity index (χ4n) is 2.29. The Morgan fingerprint density at radius 1 is 1.28 bits per heavy atom. The lowest BCUT2D eigenvalue weighted by Crippen LogP contribution is -2.26. The van der Waals surface area contributed by atoms with Crippen molar-refractivity contribution in [2.75, 3.05) is 26.0 Å². The second-order valence-corrected chi connectivity index (χ2v) is 6.21. The minimum atomic E-state index is 0.506. The Morgan fingerprint density at radius 3 is 2.89 bits per heavy atom.